The van der Waals surface area contributed by atoms with E-state index in [2.05, 4.69) is 29.5 Å². The van der Waals surface area contributed by atoms with E-state index in [-0.39, 0.29) is 5.91 Å². The second-order valence-corrected chi connectivity index (χ2v) is 8.24. The average Bonchev–Trinajstić information content (AvgIpc) is 3.44. The van der Waals surface area contributed by atoms with Crippen LogP contribution in [0.5, 0.6) is 11.5 Å². The predicted molar refractivity (Wildman–Crippen MR) is 131 cm³/mol. The molecule has 33 heavy (non-hydrogen) atoms. The maximum absolute atomic E-state index is 12.6. The Morgan fingerprint density at radius 2 is 1.79 bits per heavy atom. The zero-order valence-corrected chi connectivity index (χ0v) is 19.6. The van der Waals surface area contributed by atoms with Gasteiger partial charge in [-0.1, -0.05) is 35.9 Å². The second-order valence-electron chi connectivity index (χ2n) is 7.40. The van der Waals surface area contributed by atoms with Gasteiger partial charge in [-0.25, -0.2) is 4.98 Å². The molecule has 0 bridgehead atoms. The van der Waals surface area contributed by atoms with Gasteiger partial charge in [0.2, 0.25) is 11.0 Å². The summed E-state index contributed by atoms with van der Waals surface area (Å²) in [5.74, 6) is 1.51. The lowest BCUT2D eigenvalue weighted by atomic mass is 10.1. The third-order valence-electron chi connectivity index (χ3n) is 4.94. The van der Waals surface area contributed by atoms with E-state index >= 15 is 0 Å². The van der Waals surface area contributed by atoms with Gasteiger partial charge in [-0.05, 0) is 37.6 Å². The predicted octanol–water partition coefficient (Wildman–Crippen LogP) is 5.28. The first-order valence-corrected chi connectivity index (χ1v) is 11.2. The van der Waals surface area contributed by atoms with Crippen LogP contribution in [-0.2, 0) is 4.79 Å². The Morgan fingerprint density at radius 1 is 1.03 bits per heavy atom. The zero-order valence-electron chi connectivity index (χ0n) is 18.8. The van der Waals surface area contributed by atoms with Crippen LogP contribution in [0.3, 0.4) is 0 Å². The maximum atomic E-state index is 12.6. The summed E-state index contributed by atoms with van der Waals surface area (Å²) in [6, 6.07) is 15.5. The van der Waals surface area contributed by atoms with Gasteiger partial charge in [0, 0.05) is 23.1 Å². The number of nitrogens with zero attached hydrogens (tertiary/aromatic N) is 3. The van der Waals surface area contributed by atoms with Gasteiger partial charge in [-0.2, -0.15) is 9.78 Å². The van der Waals surface area contributed by atoms with Crippen molar-refractivity contribution in [2.24, 2.45) is 0 Å². The Balaban J connectivity index is 1.52. The number of benzene rings is 2. The summed E-state index contributed by atoms with van der Waals surface area (Å²) in [5, 5.41) is 10.1. The fourth-order valence-electron chi connectivity index (χ4n) is 3.25. The van der Waals surface area contributed by atoms with Crippen molar-refractivity contribution in [1.82, 2.24) is 14.8 Å². The topological polar surface area (TPSA) is 78.3 Å². The minimum Gasteiger partial charge on any atom is -0.493 e. The molecule has 4 rings (SSSR count). The van der Waals surface area contributed by atoms with Gasteiger partial charge in [-0.15, -0.1) is 11.3 Å². The van der Waals surface area contributed by atoms with E-state index in [9.17, 15) is 4.79 Å². The number of anilines is 1. The van der Waals surface area contributed by atoms with Crippen LogP contribution in [0.1, 0.15) is 16.8 Å². The smallest absolute Gasteiger partial charge is 0.249 e. The normalized spacial score (nSPS) is 11.0. The van der Waals surface area contributed by atoms with Crippen molar-refractivity contribution >= 4 is 29.1 Å². The summed E-state index contributed by atoms with van der Waals surface area (Å²) in [5.41, 5.74) is 4.70. The highest BCUT2D eigenvalue weighted by Gasteiger charge is 2.14. The fourth-order valence-corrected chi connectivity index (χ4v) is 4.04. The van der Waals surface area contributed by atoms with Crippen LogP contribution in [0.15, 0.2) is 60.0 Å². The van der Waals surface area contributed by atoms with Crippen LogP contribution in [0, 0.1) is 13.8 Å². The molecule has 4 aromatic rings. The van der Waals surface area contributed by atoms with Crippen LogP contribution in [0.25, 0.3) is 22.5 Å². The van der Waals surface area contributed by atoms with Crippen LogP contribution < -0.4 is 14.8 Å². The Bertz CT molecular complexity index is 1310. The molecule has 0 atom stereocenters. The van der Waals surface area contributed by atoms with E-state index in [1.165, 1.54) is 23.0 Å². The molecule has 0 fully saturated rings. The van der Waals surface area contributed by atoms with Crippen LogP contribution in [0.2, 0.25) is 0 Å². The van der Waals surface area contributed by atoms with Crippen molar-refractivity contribution in [3.8, 4) is 27.9 Å². The summed E-state index contributed by atoms with van der Waals surface area (Å²) in [7, 11) is 3.16. The van der Waals surface area contributed by atoms with Gasteiger partial charge < -0.3 is 14.8 Å². The summed E-state index contributed by atoms with van der Waals surface area (Å²) in [6.45, 7) is 3.93. The maximum Gasteiger partial charge on any atom is 0.249 e. The number of nitrogens with one attached hydrogen (secondary N) is 1. The summed E-state index contributed by atoms with van der Waals surface area (Å²) in [4.78, 5) is 17.3. The molecule has 7 nitrogen and oxygen atoms in total. The number of methoxy groups -OCH3 is 2. The highest BCUT2D eigenvalue weighted by molar-refractivity contribution is 7.12. The Morgan fingerprint density at radius 3 is 2.52 bits per heavy atom. The first kappa shape index (κ1) is 22.3. The summed E-state index contributed by atoms with van der Waals surface area (Å²) < 4.78 is 12.2. The average molecular weight is 461 g/mol. The third-order valence-corrected chi connectivity index (χ3v) is 5.75. The molecule has 0 radical (unpaired) electrons. The van der Waals surface area contributed by atoms with E-state index in [0.29, 0.717) is 22.4 Å². The second kappa shape index (κ2) is 9.70. The molecule has 2 aromatic heterocycles. The molecule has 8 heteroatoms. The quantitative estimate of drug-likeness (QED) is 0.380. The largest absolute Gasteiger partial charge is 0.493 e. The monoisotopic (exact) mass is 460 g/mol. The molecule has 1 amide bonds. The van der Waals surface area contributed by atoms with Crippen molar-refractivity contribution in [2.45, 2.75) is 13.8 Å². The molecule has 0 saturated carbocycles. The number of aryl methyl sites for hydroxylation is 2. The Hall–Kier alpha value is -3.91. The van der Waals surface area contributed by atoms with Crippen molar-refractivity contribution in [3.05, 3.63) is 76.8 Å². The third kappa shape index (κ3) is 5.12. The summed E-state index contributed by atoms with van der Waals surface area (Å²) >= 11 is 1.47. The van der Waals surface area contributed by atoms with Gasteiger partial charge in [0.05, 0.1) is 25.6 Å². The van der Waals surface area contributed by atoms with E-state index in [0.717, 1.165) is 22.5 Å². The van der Waals surface area contributed by atoms with Gasteiger partial charge in [0.25, 0.3) is 0 Å². The molecule has 0 spiro atoms. The molecule has 0 saturated heterocycles. The van der Waals surface area contributed by atoms with E-state index < -0.39 is 0 Å². The highest BCUT2D eigenvalue weighted by atomic mass is 32.1. The van der Waals surface area contributed by atoms with Crippen molar-refractivity contribution in [3.63, 3.8) is 0 Å². The minimum atomic E-state index is -0.277. The Kier molecular flexibility index (Phi) is 6.55. The lowest BCUT2D eigenvalue weighted by Crippen LogP contribution is -2.12. The first-order chi connectivity index (χ1) is 16.0. The van der Waals surface area contributed by atoms with Crippen molar-refractivity contribution in [2.75, 3.05) is 19.5 Å². The van der Waals surface area contributed by atoms with Crippen molar-refractivity contribution < 1.29 is 14.3 Å². The lowest BCUT2D eigenvalue weighted by Gasteiger charge is -2.07. The van der Waals surface area contributed by atoms with E-state index in [4.69, 9.17) is 14.5 Å². The number of carbonyl (C=O) groups excluding carboxylic acids is 1. The van der Waals surface area contributed by atoms with E-state index in [1.54, 1.807) is 37.1 Å². The lowest BCUT2D eigenvalue weighted by molar-refractivity contribution is -0.111. The molecule has 0 unspecified atom stereocenters. The minimum absolute atomic E-state index is 0.277. The number of amides is 1. The fraction of sp³-hybridized carbons (Fsp3) is 0.160. The number of ether oxygens (including phenoxy) is 2. The van der Waals surface area contributed by atoms with Crippen LogP contribution in [-0.4, -0.2) is 34.9 Å². The molecule has 0 aliphatic heterocycles. The Labute approximate surface area is 196 Å². The van der Waals surface area contributed by atoms with Gasteiger partial charge >= 0.3 is 0 Å². The molecule has 2 heterocycles. The van der Waals surface area contributed by atoms with Crippen LogP contribution >= 0.6 is 11.3 Å². The highest BCUT2D eigenvalue weighted by Crippen LogP contribution is 2.28. The number of hydrogen-bond donors (Lipinski definition) is 1. The standard InChI is InChI=1S/C25H24N4O3S/c1-16-5-9-19(10-6-16)20-15-33-25(26-20)29-23(13-17(2)28-29)27-24(30)12-8-18-7-11-21(31-3)22(14-18)32-4/h5-15H,1-4H3,(H,27,30)/b12-8+. The van der Waals surface area contributed by atoms with Gasteiger partial charge in [-0.3, -0.25) is 4.79 Å². The molecule has 2 aromatic carbocycles. The number of hydrogen-bond acceptors (Lipinski definition) is 6. The van der Waals surface area contributed by atoms with Gasteiger partial charge in [0.1, 0.15) is 5.82 Å². The van der Waals surface area contributed by atoms with Crippen molar-refractivity contribution in [1.29, 1.82) is 0 Å². The van der Waals surface area contributed by atoms with E-state index in [1.807, 2.05) is 36.6 Å². The molecular formula is C25H24N4O3S. The first-order valence-electron chi connectivity index (χ1n) is 10.3. The number of rotatable bonds is 7. The number of thiazole rings is 1. The SMILES string of the molecule is COc1ccc(/C=C/C(=O)Nc2cc(C)nn2-c2nc(-c3ccc(C)cc3)cs2)cc1OC. The molecular weight excluding hydrogens is 436 g/mol. The number of aromatic nitrogens is 3. The molecule has 0 aliphatic rings. The molecule has 1 N–H and O–H groups in total. The zero-order chi connectivity index (χ0) is 23.4. The van der Waals surface area contributed by atoms with Crippen LogP contribution in [0.4, 0.5) is 5.82 Å². The summed E-state index contributed by atoms with van der Waals surface area (Å²) in [6.07, 6.45) is 3.18. The molecule has 0 aliphatic carbocycles. The molecule has 168 valence electrons. The van der Waals surface area contributed by atoms with Gasteiger partial charge in [0.15, 0.2) is 11.5 Å². The number of carbonyl (C=O) groups is 1.